The predicted molar refractivity (Wildman–Crippen MR) is 108 cm³/mol. The monoisotopic (exact) mass is 380 g/mol. The number of aliphatic hydroxyl groups excluding tert-OH is 1. The van der Waals surface area contributed by atoms with Crippen molar-refractivity contribution in [1.82, 2.24) is 20.5 Å². The minimum absolute atomic E-state index is 0.162. The third kappa shape index (κ3) is 4.03. The number of urea groups is 1. The van der Waals surface area contributed by atoms with E-state index in [9.17, 15) is 9.90 Å². The van der Waals surface area contributed by atoms with E-state index in [-0.39, 0.29) is 18.1 Å². The van der Waals surface area contributed by atoms with Crippen molar-refractivity contribution in [3.05, 3.63) is 65.5 Å². The van der Waals surface area contributed by atoms with Gasteiger partial charge >= 0.3 is 6.03 Å². The Morgan fingerprint density at radius 3 is 2.61 bits per heavy atom. The molecule has 1 aliphatic carbocycles. The summed E-state index contributed by atoms with van der Waals surface area (Å²) in [5.74, 6) is 0. The van der Waals surface area contributed by atoms with Crippen LogP contribution in [-0.2, 0) is 6.42 Å². The first-order valence-corrected chi connectivity index (χ1v) is 10.1. The molecule has 3 atom stereocenters. The maximum Gasteiger partial charge on any atom is 0.315 e. The molecule has 1 unspecified atom stereocenters. The maximum absolute atomic E-state index is 12.5. The number of aromatic nitrogens is 1. The predicted octanol–water partition coefficient (Wildman–Crippen LogP) is 2.56. The highest BCUT2D eigenvalue weighted by atomic mass is 16.3. The number of carbonyl (C=O) groups is 1. The van der Waals surface area contributed by atoms with Crippen LogP contribution in [-0.4, -0.2) is 46.3 Å². The van der Waals surface area contributed by atoms with E-state index in [4.69, 9.17) is 0 Å². The summed E-state index contributed by atoms with van der Waals surface area (Å²) in [5, 5.41) is 16.4. The number of pyridine rings is 1. The highest BCUT2D eigenvalue weighted by molar-refractivity contribution is 5.75. The average molecular weight is 380 g/mol. The molecule has 0 radical (unpaired) electrons. The number of likely N-dealkylation sites (tertiary alicyclic amines) is 1. The van der Waals surface area contributed by atoms with Gasteiger partial charge in [-0.15, -0.1) is 0 Å². The summed E-state index contributed by atoms with van der Waals surface area (Å²) in [6, 6.07) is 12.0. The zero-order chi connectivity index (χ0) is 19.5. The summed E-state index contributed by atoms with van der Waals surface area (Å²) in [6.07, 6.45) is 5.54. The van der Waals surface area contributed by atoms with Gasteiger partial charge in [0.1, 0.15) is 0 Å². The molecule has 2 aromatic rings. The lowest BCUT2D eigenvalue weighted by molar-refractivity contribution is 0.136. The third-order valence-electron chi connectivity index (χ3n) is 6.09. The van der Waals surface area contributed by atoms with Gasteiger partial charge in [0, 0.05) is 44.0 Å². The second-order valence-corrected chi connectivity index (χ2v) is 7.83. The summed E-state index contributed by atoms with van der Waals surface area (Å²) in [4.78, 5) is 19.0. The Kier molecular flexibility index (Phi) is 5.59. The Morgan fingerprint density at radius 1 is 1.14 bits per heavy atom. The van der Waals surface area contributed by atoms with Gasteiger partial charge in [-0.25, -0.2) is 4.79 Å². The van der Waals surface area contributed by atoms with E-state index in [1.165, 1.54) is 5.56 Å². The number of rotatable bonds is 4. The van der Waals surface area contributed by atoms with E-state index in [0.717, 1.165) is 37.1 Å². The van der Waals surface area contributed by atoms with Gasteiger partial charge in [-0.05, 0) is 48.6 Å². The van der Waals surface area contributed by atoms with Crippen LogP contribution >= 0.6 is 0 Å². The van der Waals surface area contributed by atoms with Crippen molar-refractivity contribution in [1.29, 1.82) is 0 Å². The smallest absolute Gasteiger partial charge is 0.315 e. The van der Waals surface area contributed by atoms with E-state index in [1.807, 2.05) is 36.7 Å². The quantitative estimate of drug-likeness (QED) is 0.762. The fourth-order valence-electron chi connectivity index (χ4n) is 4.40. The summed E-state index contributed by atoms with van der Waals surface area (Å²) in [6.45, 7) is 4.11. The molecule has 0 bridgehead atoms. The van der Waals surface area contributed by atoms with Gasteiger partial charge in [0.2, 0.25) is 0 Å². The lowest BCUT2D eigenvalue weighted by atomic mass is 10.0. The van der Waals surface area contributed by atoms with E-state index in [2.05, 4.69) is 39.6 Å². The highest BCUT2D eigenvalue weighted by Crippen LogP contribution is 2.31. The number of aliphatic hydroxyl groups is 1. The van der Waals surface area contributed by atoms with E-state index >= 15 is 0 Å². The maximum atomic E-state index is 12.5. The molecule has 3 N–H and O–H groups in total. The number of piperidine rings is 1. The summed E-state index contributed by atoms with van der Waals surface area (Å²) >= 11 is 0. The van der Waals surface area contributed by atoms with Crippen LogP contribution in [0.4, 0.5) is 4.79 Å². The largest absolute Gasteiger partial charge is 0.390 e. The second kappa shape index (κ2) is 8.29. The topological polar surface area (TPSA) is 77.5 Å². The lowest BCUT2D eigenvalue weighted by Gasteiger charge is -2.36. The van der Waals surface area contributed by atoms with Crippen molar-refractivity contribution in [2.24, 2.45) is 0 Å². The zero-order valence-corrected chi connectivity index (χ0v) is 16.2. The SMILES string of the molecule is CC(c1ccncc1)N1CCC(NC(=O)N[C@@H]2c3ccccc3C[C@@H]2O)CC1. The van der Waals surface area contributed by atoms with Crippen molar-refractivity contribution in [2.45, 2.75) is 50.4 Å². The Hall–Kier alpha value is -2.44. The first-order valence-electron chi connectivity index (χ1n) is 10.1. The molecule has 148 valence electrons. The van der Waals surface area contributed by atoms with Crippen LogP contribution in [0.2, 0.25) is 0 Å². The summed E-state index contributed by atoms with van der Waals surface area (Å²) in [7, 11) is 0. The van der Waals surface area contributed by atoms with Crippen molar-refractivity contribution in [3.63, 3.8) is 0 Å². The Labute approximate surface area is 166 Å². The second-order valence-electron chi connectivity index (χ2n) is 7.83. The van der Waals surface area contributed by atoms with Crippen LogP contribution in [0.25, 0.3) is 0 Å². The van der Waals surface area contributed by atoms with Crippen molar-refractivity contribution in [2.75, 3.05) is 13.1 Å². The summed E-state index contributed by atoms with van der Waals surface area (Å²) < 4.78 is 0. The van der Waals surface area contributed by atoms with Crippen LogP contribution in [0.1, 0.15) is 48.5 Å². The average Bonchev–Trinajstić information content (AvgIpc) is 3.04. The molecular formula is C22H28N4O2. The van der Waals surface area contributed by atoms with E-state index < -0.39 is 6.10 Å². The van der Waals surface area contributed by atoms with Crippen LogP contribution in [0.5, 0.6) is 0 Å². The van der Waals surface area contributed by atoms with Crippen molar-refractivity contribution in [3.8, 4) is 0 Å². The third-order valence-corrected chi connectivity index (χ3v) is 6.09. The van der Waals surface area contributed by atoms with Gasteiger partial charge in [0.05, 0.1) is 12.1 Å². The molecule has 4 rings (SSSR count). The van der Waals surface area contributed by atoms with Gasteiger partial charge in [-0.1, -0.05) is 24.3 Å². The molecule has 2 heterocycles. The number of nitrogens with zero attached hydrogens (tertiary/aromatic N) is 2. The number of benzene rings is 1. The molecule has 28 heavy (non-hydrogen) atoms. The molecule has 0 spiro atoms. The molecule has 1 aliphatic heterocycles. The number of carbonyl (C=O) groups excluding carboxylic acids is 1. The molecule has 1 aromatic heterocycles. The van der Waals surface area contributed by atoms with Gasteiger partial charge in [0.25, 0.3) is 0 Å². The Morgan fingerprint density at radius 2 is 1.86 bits per heavy atom. The number of hydrogen-bond donors (Lipinski definition) is 3. The Bertz CT molecular complexity index is 805. The Balaban J connectivity index is 1.28. The normalized spacial score (nSPS) is 23.8. The van der Waals surface area contributed by atoms with E-state index in [1.54, 1.807) is 0 Å². The van der Waals surface area contributed by atoms with E-state index in [0.29, 0.717) is 12.5 Å². The fraction of sp³-hybridized carbons (Fsp3) is 0.455. The standard InChI is InChI=1S/C22H28N4O2/c1-15(16-6-10-23-11-7-16)26-12-8-18(9-13-26)24-22(28)25-21-19-5-3-2-4-17(19)14-20(21)27/h2-7,10-11,15,18,20-21,27H,8-9,12-14H2,1H3,(H2,24,25,28)/t15?,20-,21+/m0/s1. The molecule has 2 aliphatic rings. The van der Waals surface area contributed by atoms with Gasteiger partial charge in [-0.3, -0.25) is 9.88 Å². The number of hydrogen-bond acceptors (Lipinski definition) is 4. The van der Waals surface area contributed by atoms with Gasteiger partial charge in [-0.2, -0.15) is 0 Å². The molecule has 1 aromatic carbocycles. The van der Waals surface area contributed by atoms with Crippen LogP contribution in [0.15, 0.2) is 48.8 Å². The number of nitrogens with one attached hydrogen (secondary N) is 2. The minimum Gasteiger partial charge on any atom is -0.390 e. The van der Waals surface area contributed by atoms with Gasteiger partial charge in [0.15, 0.2) is 0 Å². The molecule has 0 saturated carbocycles. The molecule has 1 saturated heterocycles. The molecule has 6 nitrogen and oxygen atoms in total. The van der Waals surface area contributed by atoms with Crippen LogP contribution < -0.4 is 10.6 Å². The molecule has 2 amide bonds. The lowest BCUT2D eigenvalue weighted by Crippen LogP contribution is -2.49. The molecular weight excluding hydrogens is 352 g/mol. The first-order chi connectivity index (χ1) is 13.6. The van der Waals surface area contributed by atoms with Crippen molar-refractivity contribution < 1.29 is 9.90 Å². The van der Waals surface area contributed by atoms with Crippen LogP contribution in [0.3, 0.4) is 0 Å². The minimum atomic E-state index is -0.564. The summed E-state index contributed by atoms with van der Waals surface area (Å²) in [5.41, 5.74) is 3.40. The molecule has 6 heteroatoms. The van der Waals surface area contributed by atoms with Crippen LogP contribution in [0, 0.1) is 0 Å². The zero-order valence-electron chi connectivity index (χ0n) is 16.2. The number of amides is 2. The van der Waals surface area contributed by atoms with Crippen molar-refractivity contribution >= 4 is 6.03 Å². The first kappa shape index (κ1) is 18.9. The fourth-order valence-corrected chi connectivity index (χ4v) is 4.40. The van der Waals surface area contributed by atoms with Gasteiger partial charge < -0.3 is 15.7 Å². The molecule has 1 fully saturated rings. The highest BCUT2D eigenvalue weighted by Gasteiger charge is 2.32. The number of fused-ring (bicyclic) bond motifs is 1.